The van der Waals surface area contributed by atoms with Gasteiger partial charge in [0.1, 0.15) is 0 Å². The summed E-state index contributed by atoms with van der Waals surface area (Å²) in [6.07, 6.45) is 2.96. The normalized spacial score (nSPS) is 21.3. The highest BCUT2D eigenvalue weighted by Gasteiger charge is 2.32. The summed E-state index contributed by atoms with van der Waals surface area (Å²) in [5.74, 6) is 0.848. The lowest BCUT2D eigenvalue weighted by Crippen LogP contribution is -2.29. The number of halogens is 2. The number of nitrogens with one attached hydrogen (secondary N) is 1. The van der Waals surface area contributed by atoms with Gasteiger partial charge in [-0.1, -0.05) is 18.0 Å². The molecule has 0 spiro atoms. The lowest BCUT2D eigenvalue weighted by molar-refractivity contribution is -0.120. The SMILES string of the molecule is CCOc1c(Br)cc(Cl)cc1NC(=O)[C@@H]1CCC[C@@H]1CN. The minimum atomic E-state index is -0.0257. The van der Waals surface area contributed by atoms with Crippen molar-refractivity contribution in [3.05, 3.63) is 21.6 Å². The van der Waals surface area contributed by atoms with Crippen LogP contribution >= 0.6 is 27.5 Å². The van der Waals surface area contributed by atoms with Crippen LogP contribution in [0.2, 0.25) is 5.02 Å². The van der Waals surface area contributed by atoms with Crippen molar-refractivity contribution in [2.24, 2.45) is 17.6 Å². The standard InChI is InChI=1S/C15H20BrClN2O2/c1-2-21-14-12(16)6-10(17)7-13(14)19-15(20)11-5-3-4-9(11)8-18/h6-7,9,11H,2-5,8,18H2,1H3,(H,19,20)/t9-,11-/m1/s1. The van der Waals surface area contributed by atoms with E-state index in [2.05, 4.69) is 21.2 Å². The number of nitrogens with two attached hydrogens (primary N) is 1. The second-order valence-electron chi connectivity index (χ2n) is 5.22. The molecule has 1 saturated carbocycles. The third kappa shape index (κ3) is 3.90. The molecule has 1 aromatic rings. The fourth-order valence-electron chi connectivity index (χ4n) is 2.83. The van der Waals surface area contributed by atoms with Crippen molar-refractivity contribution >= 4 is 39.1 Å². The molecule has 1 aromatic carbocycles. The van der Waals surface area contributed by atoms with Gasteiger partial charge in [-0.3, -0.25) is 4.79 Å². The van der Waals surface area contributed by atoms with Crippen molar-refractivity contribution in [2.75, 3.05) is 18.5 Å². The maximum atomic E-state index is 12.5. The largest absolute Gasteiger partial charge is 0.491 e. The van der Waals surface area contributed by atoms with E-state index in [1.54, 1.807) is 12.1 Å². The third-order valence-electron chi connectivity index (χ3n) is 3.85. The highest BCUT2D eigenvalue weighted by atomic mass is 79.9. The van der Waals surface area contributed by atoms with Crippen LogP contribution in [0, 0.1) is 11.8 Å². The zero-order valence-electron chi connectivity index (χ0n) is 12.0. The average Bonchev–Trinajstić information content (AvgIpc) is 2.91. The zero-order valence-corrected chi connectivity index (χ0v) is 14.3. The number of hydrogen-bond donors (Lipinski definition) is 2. The van der Waals surface area contributed by atoms with Gasteiger partial charge in [-0.15, -0.1) is 0 Å². The number of carbonyl (C=O) groups is 1. The van der Waals surface area contributed by atoms with Gasteiger partial charge in [-0.25, -0.2) is 0 Å². The summed E-state index contributed by atoms with van der Waals surface area (Å²) >= 11 is 9.48. The summed E-state index contributed by atoms with van der Waals surface area (Å²) < 4.78 is 6.33. The van der Waals surface area contributed by atoms with Crippen molar-refractivity contribution in [1.82, 2.24) is 0 Å². The number of benzene rings is 1. The average molecular weight is 376 g/mol. The van der Waals surface area contributed by atoms with Crippen molar-refractivity contribution < 1.29 is 9.53 Å². The van der Waals surface area contributed by atoms with E-state index in [-0.39, 0.29) is 17.7 Å². The zero-order chi connectivity index (χ0) is 15.4. The quantitative estimate of drug-likeness (QED) is 0.822. The predicted octanol–water partition coefficient (Wildman–Crippen LogP) is 3.81. The minimum Gasteiger partial charge on any atom is -0.491 e. The summed E-state index contributed by atoms with van der Waals surface area (Å²) in [6.45, 7) is 2.96. The molecule has 0 unspecified atom stereocenters. The lowest BCUT2D eigenvalue weighted by Gasteiger charge is -2.19. The van der Waals surface area contributed by atoms with Crippen molar-refractivity contribution in [3.63, 3.8) is 0 Å². The Labute approximate surface area is 138 Å². The van der Waals surface area contributed by atoms with Gasteiger partial charge in [0.15, 0.2) is 5.75 Å². The van der Waals surface area contributed by atoms with Gasteiger partial charge in [0, 0.05) is 10.9 Å². The molecule has 1 aliphatic rings. The van der Waals surface area contributed by atoms with E-state index in [9.17, 15) is 4.79 Å². The molecule has 0 bridgehead atoms. The number of anilines is 1. The first-order valence-electron chi connectivity index (χ1n) is 7.19. The van der Waals surface area contributed by atoms with Gasteiger partial charge in [0.05, 0.1) is 16.8 Å². The molecule has 116 valence electrons. The Morgan fingerprint density at radius 3 is 2.95 bits per heavy atom. The molecule has 2 rings (SSSR count). The number of rotatable bonds is 5. The van der Waals surface area contributed by atoms with Gasteiger partial charge < -0.3 is 15.8 Å². The molecule has 0 aromatic heterocycles. The van der Waals surface area contributed by atoms with Crippen LogP contribution in [-0.2, 0) is 4.79 Å². The van der Waals surface area contributed by atoms with Gasteiger partial charge >= 0.3 is 0 Å². The van der Waals surface area contributed by atoms with Crippen LogP contribution < -0.4 is 15.8 Å². The number of hydrogen-bond acceptors (Lipinski definition) is 3. The van der Waals surface area contributed by atoms with Crippen LogP contribution in [0.3, 0.4) is 0 Å². The first-order valence-corrected chi connectivity index (χ1v) is 8.36. The summed E-state index contributed by atoms with van der Waals surface area (Å²) in [5, 5.41) is 3.49. The third-order valence-corrected chi connectivity index (χ3v) is 4.66. The van der Waals surface area contributed by atoms with Crippen molar-refractivity contribution in [2.45, 2.75) is 26.2 Å². The maximum Gasteiger partial charge on any atom is 0.227 e. The first kappa shape index (κ1) is 16.6. The highest BCUT2D eigenvalue weighted by molar-refractivity contribution is 9.10. The van der Waals surface area contributed by atoms with Crippen LogP contribution in [-0.4, -0.2) is 19.1 Å². The Hall–Kier alpha value is -0.780. The number of carbonyl (C=O) groups excluding carboxylic acids is 1. The minimum absolute atomic E-state index is 0.00179. The lowest BCUT2D eigenvalue weighted by atomic mass is 9.95. The van der Waals surface area contributed by atoms with Crippen molar-refractivity contribution in [3.8, 4) is 5.75 Å². The van der Waals surface area contributed by atoms with Gasteiger partial charge in [-0.2, -0.15) is 0 Å². The Balaban J connectivity index is 2.20. The molecule has 0 aliphatic heterocycles. The fourth-order valence-corrected chi connectivity index (χ4v) is 3.76. The van der Waals surface area contributed by atoms with Gasteiger partial charge in [0.2, 0.25) is 5.91 Å². The van der Waals surface area contributed by atoms with Crippen molar-refractivity contribution in [1.29, 1.82) is 0 Å². The molecule has 3 N–H and O–H groups in total. The highest BCUT2D eigenvalue weighted by Crippen LogP contribution is 2.38. The van der Waals surface area contributed by atoms with E-state index < -0.39 is 0 Å². The molecule has 0 radical (unpaired) electrons. The molecule has 4 nitrogen and oxygen atoms in total. The van der Waals surface area contributed by atoms with Crippen LogP contribution in [0.25, 0.3) is 0 Å². The van der Waals surface area contributed by atoms with Crippen LogP contribution in [0.1, 0.15) is 26.2 Å². The Bertz CT molecular complexity index is 525. The fraction of sp³-hybridized carbons (Fsp3) is 0.533. The van der Waals surface area contributed by atoms with Crippen LogP contribution in [0.5, 0.6) is 5.75 Å². The molecule has 6 heteroatoms. The van der Waals surface area contributed by atoms with E-state index >= 15 is 0 Å². The van der Waals surface area contributed by atoms with E-state index in [1.807, 2.05) is 6.92 Å². The van der Waals surface area contributed by atoms with Gasteiger partial charge in [0.25, 0.3) is 0 Å². The van der Waals surface area contributed by atoms with Crippen LogP contribution in [0.15, 0.2) is 16.6 Å². The Morgan fingerprint density at radius 1 is 1.52 bits per heavy atom. The first-order chi connectivity index (χ1) is 10.1. The number of ether oxygens (including phenoxy) is 1. The van der Waals surface area contributed by atoms with E-state index in [0.29, 0.717) is 29.6 Å². The second-order valence-corrected chi connectivity index (χ2v) is 6.51. The molecular formula is C15H20BrClN2O2. The van der Waals surface area contributed by atoms with E-state index in [0.717, 1.165) is 23.7 Å². The molecule has 0 heterocycles. The molecule has 1 amide bonds. The molecule has 1 fully saturated rings. The summed E-state index contributed by atoms with van der Waals surface area (Å²) in [6, 6.07) is 3.46. The number of amides is 1. The Kier molecular flexibility index (Phi) is 5.90. The molecule has 2 atom stereocenters. The molecule has 21 heavy (non-hydrogen) atoms. The maximum absolute atomic E-state index is 12.5. The summed E-state index contributed by atoms with van der Waals surface area (Å²) in [4.78, 5) is 12.5. The molecule has 1 aliphatic carbocycles. The summed E-state index contributed by atoms with van der Waals surface area (Å²) in [7, 11) is 0. The smallest absolute Gasteiger partial charge is 0.227 e. The molecular weight excluding hydrogens is 356 g/mol. The van der Waals surface area contributed by atoms with E-state index in [4.69, 9.17) is 22.1 Å². The van der Waals surface area contributed by atoms with Crippen LogP contribution in [0.4, 0.5) is 5.69 Å². The topological polar surface area (TPSA) is 64.3 Å². The van der Waals surface area contributed by atoms with Gasteiger partial charge in [-0.05, 0) is 60.3 Å². The van der Waals surface area contributed by atoms with E-state index in [1.165, 1.54) is 0 Å². The monoisotopic (exact) mass is 374 g/mol. The predicted molar refractivity (Wildman–Crippen MR) is 88.8 cm³/mol. The Morgan fingerprint density at radius 2 is 2.29 bits per heavy atom. The second kappa shape index (κ2) is 7.47. The molecule has 0 saturated heterocycles. The summed E-state index contributed by atoms with van der Waals surface area (Å²) in [5.41, 5.74) is 6.35.